The minimum absolute atomic E-state index is 0.152. The summed E-state index contributed by atoms with van der Waals surface area (Å²) in [7, 11) is -3.31. The van der Waals surface area contributed by atoms with Gasteiger partial charge in [0.15, 0.2) is 16.1 Å². The standard InChI is InChI=1S/C16H12ClFO3S/c1-22(20,21)14-8-4-11(5-9-14)15(10-19)16(17)12-2-6-13(18)7-3-12/h2-10H,1H3/b16-15-. The lowest BCUT2D eigenvalue weighted by Crippen LogP contribution is -1.97. The predicted octanol–water partition coefficient (Wildman–Crippen LogP) is 3.54. The summed E-state index contributed by atoms with van der Waals surface area (Å²) in [6, 6.07) is 11.2. The van der Waals surface area contributed by atoms with Crippen molar-refractivity contribution in [2.45, 2.75) is 4.90 Å². The van der Waals surface area contributed by atoms with E-state index in [1.165, 1.54) is 48.5 Å². The molecule has 0 heterocycles. The lowest BCUT2D eigenvalue weighted by Gasteiger charge is -2.07. The molecule has 0 saturated carbocycles. The summed E-state index contributed by atoms with van der Waals surface area (Å²) in [6.45, 7) is 0. The molecule has 0 bridgehead atoms. The van der Waals surface area contributed by atoms with Crippen LogP contribution in [0, 0.1) is 5.82 Å². The number of rotatable bonds is 4. The maximum atomic E-state index is 12.9. The Morgan fingerprint density at radius 3 is 1.95 bits per heavy atom. The van der Waals surface area contributed by atoms with Crippen LogP contribution < -0.4 is 0 Å². The van der Waals surface area contributed by atoms with Crippen molar-refractivity contribution in [2.75, 3.05) is 6.26 Å². The SMILES string of the molecule is CS(=O)(=O)c1ccc(/C(C=O)=C(\Cl)c2ccc(F)cc2)cc1. The fraction of sp³-hybridized carbons (Fsp3) is 0.0625. The van der Waals surface area contributed by atoms with Crippen LogP contribution in [0.1, 0.15) is 11.1 Å². The van der Waals surface area contributed by atoms with Crippen molar-refractivity contribution in [3.05, 3.63) is 65.5 Å². The molecule has 0 N–H and O–H groups in total. The number of carbonyl (C=O) groups is 1. The molecule has 22 heavy (non-hydrogen) atoms. The van der Waals surface area contributed by atoms with Crippen molar-refractivity contribution >= 4 is 38.3 Å². The highest BCUT2D eigenvalue weighted by molar-refractivity contribution is 7.90. The van der Waals surface area contributed by atoms with Gasteiger partial charge in [-0.3, -0.25) is 4.79 Å². The molecule has 0 aliphatic carbocycles. The molecule has 2 aromatic rings. The fourth-order valence-electron chi connectivity index (χ4n) is 1.88. The van der Waals surface area contributed by atoms with Gasteiger partial charge in [-0.1, -0.05) is 35.9 Å². The van der Waals surface area contributed by atoms with E-state index in [0.29, 0.717) is 17.4 Å². The summed E-state index contributed by atoms with van der Waals surface area (Å²) in [5.41, 5.74) is 1.18. The van der Waals surface area contributed by atoms with Gasteiger partial charge in [-0.15, -0.1) is 0 Å². The minimum atomic E-state index is -3.31. The van der Waals surface area contributed by atoms with Crippen molar-refractivity contribution in [1.82, 2.24) is 0 Å². The Morgan fingerprint density at radius 2 is 1.50 bits per heavy atom. The van der Waals surface area contributed by atoms with E-state index in [9.17, 15) is 17.6 Å². The summed E-state index contributed by atoms with van der Waals surface area (Å²) in [6.07, 6.45) is 1.69. The highest BCUT2D eigenvalue weighted by atomic mass is 35.5. The third-order valence-corrected chi connectivity index (χ3v) is 4.60. The molecule has 0 aromatic heterocycles. The number of hydrogen-bond donors (Lipinski definition) is 0. The maximum absolute atomic E-state index is 12.9. The summed E-state index contributed by atoms with van der Waals surface area (Å²) in [5.74, 6) is -0.404. The number of aldehydes is 1. The molecule has 2 rings (SSSR count). The summed E-state index contributed by atoms with van der Waals surface area (Å²) in [5, 5.41) is 0.169. The van der Waals surface area contributed by atoms with Crippen molar-refractivity contribution in [2.24, 2.45) is 0 Å². The normalized spacial score (nSPS) is 12.7. The Hall–Kier alpha value is -1.98. The molecular weight excluding hydrogens is 327 g/mol. The van der Waals surface area contributed by atoms with Gasteiger partial charge in [0.2, 0.25) is 0 Å². The monoisotopic (exact) mass is 338 g/mol. The van der Waals surface area contributed by atoms with Gasteiger partial charge in [-0.25, -0.2) is 12.8 Å². The largest absolute Gasteiger partial charge is 0.298 e. The van der Waals surface area contributed by atoms with Crippen LogP contribution in [0.25, 0.3) is 10.6 Å². The predicted molar refractivity (Wildman–Crippen MR) is 84.7 cm³/mol. The van der Waals surface area contributed by atoms with E-state index >= 15 is 0 Å². The zero-order valence-electron chi connectivity index (χ0n) is 11.6. The first kappa shape index (κ1) is 16.4. The molecule has 6 heteroatoms. The van der Waals surface area contributed by atoms with E-state index in [-0.39, 0.29) is 15.5 Å². The van der Waals surface area contributed by atoms with E-state index in [1.54, 1.807) is 0 Å². The van der Waals surface area contributed by atoms with Crippen LogP contribution in [0.3, 0.4) is 0 Å². The summed E-state index contributed by atoms with van der Waals surface area (Å²) in [4.78, 5) is 11.5. The first-order valence-electron chi connectivity index (χ1n) is 6.24. The zero-order valence-corrected chi connectivity index (χ0v) is 13.2. The second-order valence-electron chi connectivity index (χ2n) is 4.65. The van der Waals surface area contributed by atoms with Gasteiger partial charge < -0.3 is 0 Å². The van der Waals surface area contributed by atoms with Crippen LogP contribution in [0.15, 0.2) is 53.4 Å². The Balaban J connectivity index is 2.49. The van der Waals surface area contributed by atoms with Crippen LogP contribution in [-0.2, 0) is 14.6 Å². The van der Waals surface area contributed by atoms with E-state index in [1.807, 2.05) is 0 Å². The third-order valence-electron chi connectivity index (χ3n) is 3.05. The van der Waals surface area contributed by atoms with Crippen molar-refractivity contribution in [1.29, 1.82) is 0 Å². The Labute approximate surface area is 133 Å². The Kier molecular flexibility index (Phi) is 4.78. The van der Waals surface area contributed by atoms with E-state index in [2.05, 4.69) is 0 Å². The number of carbonyl (C=O) groups excluding carboxylic acids is 1. The quantitative estimate of drug-likeness (QED) is 0.487. The molecule has 0 aliphatic rings. The van der Waals surface area contributed by atoms with Gasteiger partial charge in [0, 0.05) is 11.8 Å². The average molecular weight is 339 g/mol. The van der Waals surface area contributed by atoms with Gasteiger partial charge in [-0.05, 0) is 35.4 Å². The van der Waals surface area contributed by atoms with Gasteiger partial charge >= 0.3 is 0 Å². The van der Waals surface area contributed by atoms with E-state index in [0.717, 1.165) is 6.26 Å². The average Bonchev–Trinajstić information content (AvgIpc) is 2.48. The molecule has 0 fully saturated rings. The first-order valence-corrected chi connectivity index (χ1v) is 8.51. The number of halogens is 2. The van der Waals surface area contributed by atoms with Crippen LogP contribution in [0.4, 0.5) is 4.39 Å². The molecule has 0 spiro atoms. The van der Waals surface area contributed by atoms with Crippen LogP contribution >= 0.6 is 11.6 Å². The molecule has 0 atom stereocenters. The van der Waals surface area contributed by atoms with Crippen molar-refractivity contribution < 1.29 is 17.6 Å². The number of allylic oxidation sites excluding steroid dienone is 1. The molecule has 0 saturated heterocycles. The topological polar surface area (TPSA) is 51.2 Å². The highest BCUT2D eigenvalue weighted by Gasteiger charge is 2.12. The number of hydrogen-bond acceptors (Lipinski definition) is 3. The molecule has 0 unspecified atom stereocenters. The van der Waals surface area contributed by atoms with Gasteiger partial charge in [0.05, 0.1) is 9.93 Å². The molecule has 114 valence electrons. The minimum Gasteiger partial charge on any atom is -0.298 e. The van der Waals surface area contributed by atoms with E-state index < -0.39 is 15.7 Å². The van der Waals surface area contributed by atoms with Gasteiger partial charge in [-0.2, -0.15) is 0 Å². The molecule has 3 nitrogen and oxygen atoms in total. The van der Waals surface area contributed by atoms with Crippen molar-refractivity contribution in [3.8, 4) is 0 Å². The Bertz CT molecular complexity index is 823. The number of benzene rings is 2. The lowest BCUT2D eigenvalue weighted by atomic mass is 10.0. The summed E-state index contributed by atoms with van der Waals surface area (Å²) < 4.78 is 35.8. The zero-order chi connectivity index (χ0) is 16.3. The van der Waals surface area contributed by atoms with Crippen molar-refractivity contribution in [3.63, 3.8) is 0 Å². The maximum Gasteiger partial charge on any atom is 0.175 e. The third kappa shape index (κ3) is 3.61. The smallest absolute Gasteiger partial charge is 0.175 e. The van der Waals surface area contributed by atoms with Gasteiger partial charge in [0.1, 0.15) is 5.82 Å². The van der Waals surface area contributed by atoms with Crippen LogP contribution in [-0.4, -0.2) is 21.0 Å². The first-order chi connectivity index (χ1) is 10.3. The van der Waals surface area contributed by atoms with E-state index in [4.69, 9.17) is 11.6 Å². The molecule has 0 radical (unpaired) electrons. The summed E-state index contributed by atoms with van der Waals surface area (Å²) >= 11 is 6.20. The lowest BCUT2D eigenvalue weighted by molar-refractivity contribution is -0.103. The highest BCUT2D eigenvalue weighted by Crippen LogP contribution is 2.29. The fourth-order valence-corrected chi connectivity index (χ4v) is 2.79. The number of sulfone groups is 1. The Morgan fingerprint density at radius 1 is 1.00 bits per heavy atom. The molecule has 0 aliphatic heterocycles. The molecule has 2 aromatic carbocycles. The van der Waals surface area contributed by atoms with Crippen LogP contribution in [0.5, 0.6) is 0 Å². The molecule has 0 amide bonds. The second-order valence-corrected chi connectivity index (χ2v) is 7.04. The molecular formula is C16H12ClFO3S. The van der Waals surface area contributed by atoms with Crippen LogP contribution in [0.2, 0.25) is 0 Å². The second kappa shape index (κ2) is 6.42. The van der Waals surface area contributed by atoms with Gasteiger partial charge in [0.25, 0.3) is 0 Å².